The third kappa shape index (κ3) is 1.89. The van der Waals surface area contributed by atoms with Crippen LogP contribution in [0, 0.1) is 0 Å². The molecule has 0 saturated carbocycles. The quantitative estimate of drug-likeness (QED) is 0.405. The number of hydrogen-bond acceptors (Lipinski definition) is 4. The van der Waals surface area contributed by atoms with Crippen molar-refractivity contribution in [3.05, 3.63) is 0 Å². The summed E-state index contributed by atoms with van der Waals surface area (Å²) in [5, 5.41) is 0. The molecule has 0 atom stereocenters. The maximum absolute atomic E-state index is 12.0. The van der Waals surface area contributed by atoms with Crippen molar-refractivity contribution < 1.29 is 31.9 Å². The third-order valence-electron chi connectivity index (χ3n) is 0.921. The van der Waals surface area contributed by atoms with Gasteiger partial charge in [-0.1, -0.05) is 7.43 Å². The summed E-state index contributed by atoms with van der Waals surface area (Å²) in [7, 11) is -4.95. The second kappa shape index (κ2) is 3.04. The predicted molar refractivity (Wildman–Crippen MR) is 31.8 cm³/mol. The Labute approximate surface area is 65.7 Å². The van der Waals surface area contributed by atoms with Crippen molar-refractivity contribution in [2.75, 3.05) is 0 Å². The van der Waals surface area contributed by atoms with Gasteiger partial charge in [0, 0.05) is 0 Å². The van der Waals surface area contributed by atoms with Gasteiger partial charge in [-0.2, -0.15) is 0 Å². The van der Waals surface area contributed by atoms with Gasteiger partial charge in [0.25, 0.3) is 6.17 Å². The Hall–Kier alpha value is -1.21. The number of halogens is 3. The van der Waals surface area contributed by atoms with E-state index in [0.29, 0.717) is 0 Å². The zero-order chi connectivity index (χ0) is 8.65. The highest BCUT2D eigenvalue weighted by Gasteiger charge is 2.47. The van der Waals surface area contributed by atoms with Gasteiger partial charge in [0.2, 0.25) is 0 Å². The van der Waals surface area contributed by atoms with E-state index in [2.05, 4.69) is 9.31 Å². The minimum atomic E-state index is -4.95. The first kappa shape index (κ1) is 10.8. The Morgan fingerprint density at radius 2 is 1.50 bits per heavy atom. The van der Waals surface area contributed by atoms with Gasteiger partial charge in [0.05, 0.1) is 0 Å². The van der Waals surface area contributed by atoms with Gasteiger partial charge in [-0.15, -0.1) is 0 Å². The van der Waals surface area contributed by atoms with E-state index in [-0.39, 0.29) is 7.43 Å². The van der Waals surface area contributed by atoms with Crippen molar-refractivity contribution in [3.8, 4) is 0 Å². The molecule has 1 aliphatic heterocycles. The summed E-state index contributed by atoms with van der Waals surface area (Å²) >= 11 is 0. The molecule has 1 rings (SSSR count). The van der Waals surface area contributed by atoms with Crippen molar-refractivity contribution in [2.45, 2.75) is 13.6 Å². The van der Waals surface area contributed by atoms with E-state index in [1.165, 1.54) is 0 Å². The molecule has 70 valence electrons. The van der Waals surface area contributed by atoms with E-state index in [1.807, 2.05) is 0 Å². The molecule has 0 spiro atoms. The lowest BCUT2D eigenvalue weighted by Crippen LogP contribution is -2.49. The van der Waals surface area contributed by atoms with Crippen LogP contribution in [-0.4, -0.2) is 25.2 Å². The highest BCUT2D eigenvalue weighted by molar-refractivity contribution is 6.57. The molecule has 0 unspecified atom stereocenters. The Balaban J connectivity index is 0.00000121. The minimum Gasteiger partial charge on any atom is -0.598 e. The molecule has 1 saturated heterocycles. The first-order chi connectivity index (χ1) is 4.92. The lowest BCUT2D eigenvalue weighted by Gasteiger charge is -2.30. The first-order valence-electron chi connectivity index (χ1n) is 2.52. The normalized spacial score (nSPS) is 22.2. The largest absolute Gasteiger partial charge is 0.729 e. The molecule has 0 aromatic heterocycles. The summed E-state index contributed by atoms with van der Waals surface area (Å²) in [6.45, 7) is 0. The lowest BCUT2D eigenvalue weighted by atomic mass is 10.1. The zero-order valence-corrected chi connectivity index (χ0v) is 4.92. The van der Waals surface area contributed by atoms with Crippen LogP contribution in [0.5, 0.6) is 0 Å². The molecule has 8 heteroatoms. The Morgan fingerprint density at radius 3 is 1.83 bits per heavy atom. The van der Waals surface area contributed by atoms with Gasteiger partial charge in [0.15, 0.2) is 0 Å². The van der Waals surface area contributed by atoms with Gasteiger partial charge in [-0.3, -0.25) is 9.59 Å². The van der Waals surface area contributed by atoms with Crippen LogP contribution in [0.25, 0.3) is 0 Å². The minimum absolute atomic E-state index is 0. The van der Waals surface area contributed by atoms with Crippen molar-refractivity contribution >= 4 is 19.0 Å². The van der Waals surface area contributed by atoms with Crippen LogP contribution >= 0.6 is 0 Å². The molecule has 0 aromatic carbocycles. The molecular formula is C4H5BF3O4-. The summed E-state index contributed by atoms with van der Waals surface area (Å²) in [5.41, 5.74) is 0. The van der Waals surface area contributed by atoms with E-state index in [1.54, 1.807) is 0 Å². The standard InChI is InChI=1S/C3HBF3O4.CH4/c5-1-2(8)10-4(6,7)11-3(1)9;/h1H;1H4/q-1;. The van der Waals surface area contributed by atoms with E-state index in [4.69, 9.17) is 0 Å². The van der Waals surface area contributed by atoms with Gasteiger partial charge >= 0.3 is 19.0 Å². The summed E-state index contributed by atoms with van der Waals surface area (Å²) in [6, 6.07) is 0. The average Bonchev–Trinajstić information content (AvgIpc) is 1.81. The second-order valence-corrected chi connectivity index (χ2v) is 1.77. The number of carbonyl (C=O) groups is 2. The fourth-order valence-corrected chi connectivity index (χ4v) is 0.510. The SMILES string of the molecule is C.O=C1O[B-](F)(F)OC(=O)C1F. The molecule has 0 aliphatic carbocycles. The maximum Gasteiger partial charge on any atom is 0.729 e. The topological polar surface area (TPSA) is 52.6 Å². The highest BCUT2D eigenvalue weighted by Crippen LogP contribution is 2.19. The van der Waals surface area contributed by atoms with Gasteiger partial charge in [-0.25, -0.2) is 4.39 Å². The predicted octanol–water partition coefficient (Wildman–Crippen LogP) is 0.435. The van der Waals surface area contributed by atoms with Gasteiger partial charge in [-0.05, 0) is 0 Å². The summed E-state index contributed by atoms with van der Waals surface area (Å²) in [5.74, 6) is -3.82. The van der Waals surface area contributed by atoms with Crippen molar-refractivity contribution in [1.29, 1.82) is 0 Å². The molecule has 0 aromatic rings. The van der Waals surface area contributed by atoms with Crippen LogP contribution in [-0.2, 0) is 18.9 Å². The summed E-state index contributed by atoms with van der Waals surface area (Å²) in [6.07, 6.45) is -2.75. The van der Waals surface area contributed by atoms with E-state index >= 15 is 0 Å². The highest BCUT2D eigenvalue weighted by atomic mass is 19.3. The molecule has 0 bridgehead atoms. The van der Waals surface area contributed by atoms with Crippen LogP contribution in [0.3, 0.4) is 0 Å². The lowest BCUT2D eigenvalue weighted by molar-refractivity contribution is -0.166. The van der Waals surface area contributed by atoms with Crippen LogP contribution in [0.15, 0.2) is 0 Å². The molecule has 1 heterocycles. The summed E-state index contributed by atoms with van der Waals surface area (Å²) in [4.78, 5) is 20.1. The number of hydrogen-bond donors (Lipinski definition) is 0. The molecule has 4 nitrogen and oxygen atoms in total. The Morgan fingerprint density at radius 1 is 1.17 bits per heavy atom. The average molecular weight is 185 g/mol. The van der Waals surface area contributed by atoms with Crippen LogP contribution in [0.2, 0.25) is 0 Å². The fourth-order valence-electron chi connectivity index (χ4n) is 0.510. The smallest absolute Gasteiger partial charge is 0.598 e. The van der Waals surface area contributed by atoms with Crippen molar-refractivity contribution in [2.24, 2.45) is 0 Å². The number of carbonyl (C=O) groups excluding carboxylic acids is 2. The van der Waals surface area contributed by atoms with Gasteiger partial charge < -0.3 is 17.9 Å². The second-order valence-electron chi connectivity index (χ2n) is 1.77. The third-order valence-corrected chi connectivity index (χ3v) is 0.921. The van der Waals surface area contributed by atoms with Crippen LogP contribution < -0.4 is 0 Å². The van der Waals surface area contributed by atoms with Crippen molar-refractivity contribution in [1.82, 2.24) is 0 Å². The van der Waals surface area contributed by atoms with Crippen LogP contribution in [0.4, 0.5) is 13.0 Å². The Kier molecular flexibility index (Phi) is 2.73. The molecule has 1 fully saturated rings. The molecular weight excluding hydrogens is 180 g/mol. The van der Waals surface area contributed by atoms with E-state index in [9.17, 15) is 22.6 Å². The molecule has 1 aliphatic rings. The number of alkyl halides is 1. The summed E-state index contributed by atoms with van der Waals surface area (Å²) < 4.78 is 42.1. The van der Waals surface area contributed by atoms with Crippen molar-refractivity contribution in [3.63, 3.8) is 0 Å². The van der Waals surface area contributed by atoms with E-state index in [0.717, 1.165) is 0 Å². The number of rotatable bonds is 0. The zero-order valence-electron chi connectivity index (χ0n) is 4.92. The molecule has 0 amide bonds. The van der Waals surface area contributed by atoms with Gasteiger partial charge in [0.1, 0.15) is 0 Å². The molecule has 0 N–H and O–H groups in total. The maximum atomic E-state index is 12.0. The fraction of sp³-hybridized carbons (Fsp3) is 0.500. The Bertz CT molecular complexity index is 198. The molecule has 12 heavy (non-hydrogen) atoms. The van der Waals surface area contributed by atoms with E-state index < -0.39 is 25.2 Å². The first-order valence-corrected chi connectivity index (χ1v) is 2.52. The monoisotopic (exact) mass is 185 g/mol. The van der Waals surface area contributed by atoms with Crippen LogP contribution in [0.1, 0.15) is 7.43 Å². The molecule has 0 radical (unpaired) electrons.